The molecular formula is C9H17NO3S. The van der Waals surface area contributed by atoms with Crippen molar-refractivity contribution in [2.45, 2.75) is 31.4 Å². The molecule has 0 aromatic carbocycles. The van der Waals surface area contributed by atoms with Gasteiger partial charge in [-0.25, -0.2) is 8.42 Å². The van der Waals surface area contributed by atoms with E-state index < -0.39 is 9.84 Å². The summed E-state index contributed by atoms with van der Waals surface area (Å²) in [5.41, 5.74) is 0. The molecule has 1 N–H and O–H groups in total. The highest BCUT2D eigenvalue weighted by Crippen LogP contribution is 2.21. The van der Waals surface area contributed by atoms with Crippen LogP contribution in [0.25, 0.3) is 0 Å². The third-order valence-electron chi connectivity index (χ3n) is 3.15. The Kier molecular flexibility index (Phi) is 2.81. The fraction of sp³-hybridized carbons (Fsp3) is 1.00. The van der Waals surface area contributed by atoms with E-state index in [0.717, 1.165) is 25.8 Å². The first kappa shape index (κ1) is 10.4. The lowest BCUT2D eigenvalue weighted by Gasteiger charge is -2.34. The maximum absolute atomic E-state index is 11.3. The Morgan fingerprint density at radius 2 is 2.07 bits per heavy atom. The van der Waals surface area contributed by atoms with Crippen molar-refractivity contribution in [1.82, 2.24) is 4.90 Å². The van der Waals surface area contributed by atoms with E-state index in [2.05, 4.69) is 4.90 Å². The number of aliphatic hydroxyl groups is 1. The van der Waals surface area contributed by atoms with E-state index in [1.807, 2.05) is 0 Å². The van der Waals surface area contributed by atoms with Gasteiger partial charge in [-0.15, -0.1) is 0 Å². The van der Waals surface area contributed by atoms with Crippen molar-refractivity contribution < 1.29 is 13.5 Å². The Morgan fingerprint density at radius 3 is 2.64 bits per heavy atom. The maximum atomic E-state index is 11.3. The molecule has 0 amide bonds. The summed E-state index contributed by atoms with van der Waals surface area (Å²) in [7, 11) is -2.79. The number of nitrogens with zero attached hydrogens (tertiary/aromatic N) is 1. The van der Waals surface area contributed by atoms with Gasteiger partial charge in [0.1, 0.15) is 0 Å². The van der Waals surface area contributed by atoms with Gasteiger partial charge in [-0.05, 0) is 25.8 Å². The van der Waals surface area contributed by atoms with Crippen molar-refractivity contribution in [3.05, 3.63) is 0 Å². The third kappa shape index (κ3) is 2.27. The van der Waals surface area contributed by atoms with Crippen LogP contribution in [0, 0.1) is 0 Å². The molecule has 82 valence electrons. The van der Waals surface area contributed by atoms with Crippen molar-refractivity contribution in [2.75, 3.05) is 24.6 Å². The molecule has 4 nitrogen and oxygen atoms in total. The van der Waals surface area contributed by atoms with Gasteiger partial charge < -0.3 is 5.11 Å². The highest BCUT2D eigenvalue weighted by molar-refractivity contribution is 7.91. The summed E-state index contributed by atoms with van der Waals surface area (Å²) in [6, 6.07) is 0.162. The number of β-amino-alcohol motifs (C(OH)–C–C–N with tert-alkyl or cyclic N) is 1. The zero-order valence-electron chi connectivity index (χ0n) is 8.22. The monoisotopic (exact) mass is 219 g/mol. The number of hydrogen-bond acceptors (Lipinski definition) is 4. The van der Waals surface area contributed by atoms with Gasteiger partial charge in [-0.1, -0.05) is 0 Å². The summed E-state index contributed by atoms with van der Waals surface area (Å²) in [6.07, 6.45) is 2.33. The van der Waals surface area contributed by atoms with E-state index in [4.69, 9.17) is 0 Å². The van der Waals surface area contributed by atoms with Gasteiger partial charge in [0, 0.05) is 12.6 Å². The van der Waals surface area contributed by atoms with Crippen molar-refractivity contribution in [2.24, 2.45) is 0 Å². The predicted octanol–water partition coefficient (Wildman–Crippen LogP) is -0.370. The lowest BCUT2D eigenvalue weighted by Crippen LogP contribution is -2.45. The molecule has 2 aliphatic rings. The largest absolute Gasteiger partial charge is 0.392 e. The predicted molar refractivity (Wildman–Crippen MR) is 53.9 cm³/mol. The lowest BCUT2D eigenvalue weighted by atomic mass is 10.1. The average molecular weight is 219 g/mol. The highest BCUT2D eigenvalue weighted by Gasteiger charge is 2.33. The molecule has 0 radical (unpaired) electrons. The molecule has 14 heavy (non-hydrogen) atoms. The van der Waals surface area contributed by atoms with Crippen molar-refractivity contribution in [3.8, 4) is 0 Å². The van der Waals surface area contributed by atoms with E-state index in [1.165, 1.54) is 0 Å². The molecule has 0 spiro atoms. The van der Waals surface area contributed by atoms with Crippen LogP contribution in [0.15, 0.2) is 0 Å². The Hall–Kier alpha value is -0.130. The summed E-state index contributed by atoms with van der Waals surface area (Å²) in [5.74, 6) is 0.615. The molecule has 5 heteroatoms. The minimum absolute atomic E-state index is 0.162. The second-order valence-corrected chi connectivity index (χ2v) is 6.58. The molecule has 0 aromatic rings. The molecule has 0 aliphatic carbocycles. The van der Waals surface area contributed by atoms with E-state index in [1.54, 1.807) is 0 Å². The van der Waals surface area contributed by atoms with Crippen LogP contribution in [0.3, 0.4) is 0 Å². The van der Waals surface area contributed by atoms with Gasteiger partial charge in [-0.3, -0.25) is 4.90 Å². The molecule has 2 rings (SSSR count). The molecule has 2 atom stereocenters. The van der Waals surface area contributed by atoms with Gasteiger partial charge in [-0.2, -0.15) is 0 Å². The molecule has 0 aromatic heterocycles. The Labute approximate surface area is 84.8 Å². The average Bonchev–Trinajstić information content (AvgIpc) is 2.46. The SMILES string of the molecule is O=S1(=O)CCC(N2CCC[C@H](O)C2)C1. The fourth-order valence-corrected chi connectivity index (χ4v) is 4.14. The zero-order chi connectivity index (χ0) is 10.2. The van der Waals surface area contributed by atoms with Crippen LogP contribution in [-0.2, 0) is 9.84 Å². The maximum Gasteiger partial charge on any atom is 0.151 e. The van der Waals surface area contributed by atoms with Crippen molar-refractivity contribution in [3.63, 3.8) is 0 Å². The second-order valence-electron chi connectivity index (χ2n) is 4.35. The van der Waals surface area contributed by atoms with Crippen molar-refractivity contribution >= 4 is 9.84 Å². The van der Waals surface area contributed by atoms with Crippen molar-refractivity contribution in [1.29, 1.82) is 0 Å². The van der Waals surface area contributed by atoms with Gasteiger partial charge in [0.25, 0.3) is 0 Å². The van der Waals surface area contributed by atoms with Crippen LogP contribution in [0.5, 0.6) is 0 Å². The number of aliphatic hydroxyl groups excluding tert-OH is 1. The van der Waals surface area contributed by atoms with Crippen LogP contribution in [-0.4, -0.2) is 55.2 Å². The second kappa shape index (κ2) is 3.79. The Bertz CT molecular complexity index is 301. The van der Waals surface area contributed by atoms with E-state index in [-0.39, 0.29) is 12.1 Å². The number of piperidine rings is 1. The molecule has 1 unspecified atom stereocenters. The van der Waals surface area contributed by atoms with Crippen LogP contribution in [0.2, 0.25) is 0 Å². The van der Waals surface area contributed by atoms with Crippen LogP contribution in [0.1, 0.15) is 19.3 Å². The number of hydrogen-bond donors (Lipinski definition) is 1. The molecule has 2 aliphatic heterocycles. The molecule has 2 saturated heterocycles. The minimum Gasteiger partial charge on any atom is -0.392 e. The molecular weight excluding hydrogens is 202 g/mol. The highest BCUT2D eigenvalue weighted by atomic mass is 32.2. The molecule has 2 fully saturated rings. The molecule has 2 heterocycles. The van der Waals surface area contributed by atoms with Gasteiger partial charge >= 0.3 is 0 Å². The number of likely N-dealkylation sites (tertiary alicyclic amines) is 1. The molecule has 0 saturated carbocycles. The summed E-state index contributed by atoms with van der Waals surface area (Å²) < 4.78 is 22.6. The lowest BCUT2D eigenvalue weighted by molar-refractivity contribution is 0.0522. The third-order valence-corrected chi connectivity index (χ3v) is 4.90. The van der Waals surface area contributed by atoms with Gasteiger partial charge in [0.15, 0.2) is 9.84 Å². The Balaban J connectivity index is 1.96. The van der Waals surface area contributed by atoms with E-state index >= 15 is 0 Å². The standard InChI is InChI=1S/C9H17NO3S/c11-9-2-1-4-10(6-9)8-3-5-14(12,13)7-8/h8-9,11H,1-7H2/t8?,9-/m0/s1. The summed E-state index contributed by atoms with van der Waals surface area (Å²) in [4.78, 5) is 2.14. The zero-order valence-corrected chi connectivity index (χ0v) is 9.04. The summed E-state index contributed by atoms with van der Waals surface area (Å²) in [6.45, 7) is 1.59. The van der Waals surface area contributed by atoms with Crippen LogP contribution in [0.4, 0.5) is 0 Å². The summed E-state index contributed by atoms with van der Waals surface area (Å²) >= 11 is 0. The van der Waals surface area contributed by atoms with E-state index in [0.29, 0.717) is 18.1 Å². The van der Waals surface area contributed by atoms with Gasteiger partial charge in [0.2, 0.25) is 0 Å². The first-order chi connectivity index (χ1) is 6.57. The topological polar surface area (TPSA) is 57.6 Å². The fourth-order valence-electron chi connectivity index (χ4n) is 2.38. The van der Waals surface area contributed by atoms with E-state index in [9.17, 15) is 13.5 Å². The van der Waals surface area contributed by atoms with Crippen LogP contribution < -0.4 is 0 Å². The van der Waals surface area contributed by atoms with Gasteiger partial charge in [0.05, 0.1) is 17.6 Å². The van der Waals surface area contributed by atoms with Crippen LogP contribution >= 0.6 is 0 Å². The molecule has 0 bridgehead atoms. The normalized spacial score (nSPS) is 38.6. The summed E-state index contributed by atoms with van der Waals surface area (Å²) in [5, 5.41) is 9.48. The number of sulfone groups is 1. The minimum atomic E-state index is -2.79. The first-order valence-corrected chi connectivity index (χ1v) is 7.01. The Morgan fingerprint density at radius 1 is 1.29 bits per heavy atom. The number of rotatable bonds is 1. The smallest absolute Gasteiger partial charge is 0.151 e. The first-order valence-electron chi connectivity index (χ1n) is 5.19. The quantitative estimate of drug-likeness (QED) is 0.654.